The van der Waals surface area contributed by atoms with Crippen LogP contribution in [0.4, 0.5) is 0 Å². The van der Waals surface area contributed by atoms with Crippen molar-refractivity contribution in [2.75, 3.05) is 13.1 Å². The van der Waals surface area contributed by atoms with Gasteiger partial charge in [0.2, 0.25) is 17.7 Å². The van der Waals surface area contributed by atoms with E-state index < -0.39 is 48.3 Å². The van der Waals surface area contributed by atoms with E-state index in [2.05, 4.69) is 25.9 Å². The van der Waals surface area contributed by atoms with Crippen LogP contribution in [0.2, 0.25) is 0 Å². The van der Waals surface area contributed by atoms with Gasteiger partial charge in [0.25, 0.3) is 0 Å². The molecule has 0 saturated heterocycles. The van der Waals surface area contributed by atoms with Crippen LogP contribution in [0, 0.1) is 0 Å². The highest BCUT2D eigenvalue weighted by Crippen LogP contribution is 2.04. The van der Waals surface area contributed by atoms with E-state index >= 15 is 0 Å². The molecule has 1 heterocycles. The average molecular weight is 440 g/mol. The molecule has 3 amide bonds. The number of imidazole rings is 1. The van der Waals surface area contributed by atoms with Crippen molar-refractivity contribution in [3.05, 3.63) is 18.2 Å². The number of carboxylic acid groups (broad SMARTS) is 2. The first-order valence-corrected chi connectivity index (χ1v) is 9.71. The summed E-state index contributed by atoms with van der Waals surface area (Å²) in [5.74, 6) is -4.38. The summed E-state index contributed by atoms with van der Waals surface area (Å²) >= 11 is 0. The van der Waals surface area contributed by atoms with Crippen molar-refractivity contribution in [3.63, 3.8) is 0 Å². The summed E-state index contributed by atoms with van der Waals surface area (Å²) in [6.45, 7) is -0.0684. The van der Waals surface area contributed by atoms with Gasteiger partial charge in [-0.25, -0.2) is 9.78 Å². The number of carbonyl (C=O) groups excluding carboxylic acids is 3. The fourth-order valence-electron chi connectivity index (χ4n) is 2.58. The van der Waals surface area contributed by atoms with Crippen molar-refractivity contribution >= 4 is 29.7 Å². The van der Waals surface area contributed by atoms with Crippen molar-refractivity contribution in [1.29, 1.82) is 0 Å². The molecule has 0 saturated carbocycles. The molecule has 0 aliphatic carbocycles. The van der Waals surface area contributed by atoms with Crippen LogP contribution in [0.25, 0.3) is 0 Å². The lowest BCUT2D eigenvalue weighted by atomic mass is 10.1. The van der Waals surface area contributed by atoms with E-state index in [9.17, 15) is 29.1 Å². The molecule has 2 atom stereocenters. The number of nitrogens with zero attached hydrogens (tertiary/aromatic N) is 1. The number of amides is 3. The zero-order valence-corrected chi connectivity index (χ0v) is 16.9. The molecular weight excluding hydrogens is 412 g/mol. The second-order valence-corrected chi connectivity index (χ2v) is 6.76. The SMILES string of the molecule is NCCCC[C@H](NC(=O)[C@H](Cc1cnc[nH]1)NC(=O)CNC(=O)CCC(=O)O)C(=O)O. The molecule has 0 unspecified atom stereocenters. The van der Waals surface area contributed by atoms with Crippen LogP contribution < -0.4 is 21.7 Å². The Morgan fingerprint density at radius 2 is 1.77 bits per heavy atom. The highest BCUT2D eigenvalue weighted by atomic mass is 16.4. The van der Waals surface area contributed by atoms with Gasteiger partial charge in [-0.05, 0) is 25.8 Å². The van der Waals surface area contributed by atoms with Crippen molar-refractivity contribution in [2.45, 2.75) is 50.6 Å². The zero-order chi connectivity index (χ0) is 23.2. The van der Waals surface area contributed by atoms with Gasteiger partial charge in [0.15, 0.2) is 0 Å². The molecule has 0 bridgehead atoms. The Balaban J connectivity index is 2.71. The number of carboxylic acids is 2. The number of hydrogen-bond donors (Lipinski definition) is 7. The molecule has 172 valence electrons. The molecule has 0 aliphatic rings. The van der Waals surface area contributed by atoms with Gasteiger partial charge in [-0.3, -0.25) is 19.2 Å². The molecule has 0 radical (unpaired) electrons. The van der Waals surface area contributed by atoms with Gasteiger partial charge >= 0.3 is 11.9 Å². The lowest BCUT2D eigenvalue weighted by Gasteiger charge is -2.21. The number of hydrogen-bond acceptors (Lipinski definition) is 7. The number of rotatable bonds is 15. The van der Waals surface area contributed by atoms with Gasteiger partial charge in [-0.15, -0.1) is 0 Å². The van der Waals surface area contributed by atoms with E-state index in [0.717, 1.165) is 0 Å². The molecule has 1 aromatic heterocycles. The Labute approximate surface area is 178 Å². The number of aromatic amines is 1. The first kappa shape index (κ1) is 25.6. The number of nitrogens with two attached hydrogens (primary N) is 1. The number of aromatic nitrogens is 2. The third kappa shape index (κ3) is 10.7. The van der Waals surface area contributed by atoms with E-state index in [0.29, 0.717) is 25.1 Å². The molecule has 0 aromatic carbocycles. The van der Waals surface area contributed by atoms with E-state index in [4.69, 9.17) is 10.8 Å². The van der Waals surface area contributed by atoms with Crippen LogP contribution in [0.5, 0.6) is 0 Å². The maximum atomic E-state index is 12.7. The summed E-state index contributed by atoms with van der Waals surface area (Å²) in [6.07, 6.45) is 3.49. The summed E-state index contributed by atoms with van der Waals surface area (Å²) in [7, 11) is 0. The smallest absolute Gasteiger partial charge is 0.326 e. The minimum absolute atomic E-state index is 0.0136. The molecule has 0 spiro atoms. The first-order chi connectivity index (χ1) is 14.7. The molecular formula is C18H28N6O7. The zero-order valence-electron chi connectivity index (χ0n) is 16.9. The molecule has 13 nitrogen and oxygen atoms in total. The second kappa shape index (κ2) is 13.7. The van der Waals surface area contributed by atoms with Crippen molar-refractivity contribution in [1.82, 2.24) is 25.9 Å². The monoisotopic (exact) mass is 440 g/mol. The minimum Gasteiger partial charge on any atom is -0.481 e. The van der Waals surface area contributed by atoms with Crippen molar-refractivity contribution in [3.8, 4) is 0 Å². The van der Waals surface area contributed by atoms with Gasteiger partial charge in [0.05, 0.1) is 19.3 Å². The summed E-state index contributed by atoms with van der Waals surface area (Å²) in [4.78, 5) is 64.9. The summed E-state index contributed by atoms with van der Waals surface area (Å²) in [6, 6.07) is -2.27. The third-order valence-corrected chi connectivity index (χ3v) is 4.20. The van der Waals surface area contributed by atoms with E-state index in [-0.39, 0.29) is 25.7 Å². The Morgan fingerprint density at radius 3 is 2.35 bits per heavy atom. The Kier molecular flexibility index (Phi) is 11.3. The lowest BCUT2D eigenvalue weighted by Crippen LogP contribution is -2.54. The summed E-state index contributed by atoms with van der Waals surface area (Å²) in [5, 5.41) is 25.0. The van der Waals surface area contributed by atoms with Crippen LogP contribution in [-0.2, 0) is 30.4 Å². The summed E-state index contributed by atoms with van der Waals surface area (Å²) < 4.78 is 0. The van der Waals surface area contributed by atoms with Gasteiger partial charge in [-0.2, -0.15) is 0 Å². The quantitative estimate of drug-likeness (QED) is 0.152. The average Bonchev–Trinajstić information content (AvgIpc) is 3.22. The normalized spacial score (nSPS) is 12.4. The van der Waals surface area contributed by atoms with Crippen molar-refractivity contribution in [2.24, 2.45) is 5.73 Å². The van der Waals surface area contributed by atoms with Crippen LogP contribution in [-0.4, -0.2) is 75.0 Å². The van der Waals surface area contributed by atoms with Gasteiger partial charge in [0, 0.05) is 24.7 Å². The Bertz CT molecular complexity index is 753. The number of carbonyl (C=O) groups is 5. The Morgan fingerprint density at radius 1 is 1.03 bits per heavy atom. The largest absolute Gasteiger partial charge is 0.481 e. The highest BCUT2D eigenvalue weighted by molar-refractivity contribution is 5.92. The fourth-order valence-corrected chi connectivity index (χ4v) is 2.58. The topological polar surface area (TPSA) is 217 Å². The van der Waals surface area contributed by atoms with E-state index in [1.165, 1.54) is 12.5 Å². The van der Waals surface area contributed by atoms with Crippen LogP contribution in [0.3, 0.4) is 0 Å². The van der Waals surface area contributed by atoms with E-state index in [1.54, 1.807) is 0 Å². The van der Waals surface area contributed by atoms with Crippen LogP contribution in [0.1, 0.15) is 37.8 Å². The predicted octanol–water partition coefficient (Wildman–Crippen LogP) is -1.88. The van der Waals surface area contributed by atoms with Gasteiger partial charge < -0.3 is 36.9 Å². The minimum atomic E-state index is -1.21. The Hall–Kier alpha value is -3.48. The number of aliphatic carboxylic acids is 2. The van der Waals surface area contributed by atoms with Gasteiger partial charge in [-0.1, -0.05) is 0 Å². The molecule has 1 aromatic rings. The standard InChI is InChI=1S/C18H28N6O7/c19-6-2-1-3-12(18(30)31)24-17(29)13(7-11-8-20-10-22-11)23-15(26)9-21-14(25)4-5-16(27)28/h8,10,12-13H,1-7,9,19H2,(H,20,22)(H,21,25)(H,23,26)(H,24,29)(H,27,28)(H,30,31)/t12-,13-/m0/s1. The number of H-pyrrole nitrogens is 1. The van der Waals surface area contributed by atoms with Crippen LogP contribution >= 0.6 is 0 Å². The van der Waals surface area contributed by atoms with Crippen molar-refractivity contribution < 1.29 is 34.2 Å². The summed E-state index contributed by atoms with van der Waals surface area (Å²) in [5.41, 5.74) is 5.93. The lowest BCUT2D eigenvalue weighted by molar-refractivity contribution is -0.142. The fraction of sp³-hybridized carbons (Fsp3) is 0.556. The third-order valence-electron chi connectivity index (χ3n) is 4.20. The molecule has 1 rings (SSSR count). The molecule has 31 heavy (non-hydrogen) atoms. The maximum absolute atomic E-state index is 12.7. The first-order valence-electron chi connectivity index (χ1n) is 9.71. The molecule has 0 fully saturated rings. The van der Waals surface area contributed by atoms with E-state index in [1.807, 2.05) is 0 Å². The highest BCUT2D eigenvalue weighted by Gasteiger charge is 2.27. The molecule has 13 heteroatoms. The molecule has 8 N–H and O–H groups in total. The second-order valence-electron chi connectivity index (χ2n) is 6.76. The number of unbranched alkanes of at least 4 members (excludes halogenated alkanes) is 1. The maximum Gasteiger partial charge on any atom is 0.326 e. The number of nitrogens with one attached hydrogen (secondary N) is 4. The molecule has 0 aliphatic heterocycles. The predicted molar refractivity (Wildman–Crippen MR) is 107 cm³/mol. The van der Waals surface area contributed by atoms with Crippen LogP contribution in [0.15, 0.2) is 12.5 Å². The van der Waals surface area contributed by atoms with Gasteiger partial charge in [0.1, 0.15) is 12.1 Å².